The summed E-state index contributed by atoms with van der Waals surface area (Å²) < 4.78 is 2.36. The lowest BCUT2D eigenvalue weighted by molar-refractivity contribution is -0.121. The first-order chi connectivity index (χ1) is 10.1. The highest BCUT2D eigenvalue weighted by atomic mass is 16.2. The van der Waals surface area contributed by atoms with E-state index in [1.807, 2.05) is 0 Å². The minimum absolute atomic E-state index is 0.139. The highest BCUT2D eigenvalue weighted by Gasteiger charge is 2.27. The highest BCUT2D eigenvalue weighted by Crippen LogP contribution is 2.38. The molecule has 2 N–H and O–H groups in total. The SMILES string of the molecule is Cc1cc(CNC(=O)C2=NNC(=O)CC2)c(C)n1C1CC1. The van der Waals surface area contributed by atoms with E-state index in [1.165, 1.54) is 24.2 Å². The zero-order chi connectivity index (χ0) is 15.0. The summed E-state index contributed by atoms with van der Waals surface area (Å²) in [6.45, 7) is 4.71. The Morgan fingerprint density at radius 1 is 1.43 bits per heavy atom. The van der Waals surface area contributed by atoms with Gasteiger partial charge in [-0.15, -0.1) is 0 Å². The van der Waals surface area contributed by atoms with Crippen LogP contribution in [0.2, 0.25) is 0 Å². The molecule has 0 atom stereocenters. The van der Waals surface area contributed by atoms with Crippen molar-refractivity contribution in [3.05, 3.63) is 23.0 Å². The third-order valence-electron chi connectivity index (χ3n) is 4.11. The predicted molar refractivity (Wildman–Crippen MR) is 78.8 cm³/mol. The lowest BCUT2D eigenvalue weighted by Gasteiger charge is -2.12. The molecule has 2 amide bonds. The topological polar surface area (TPSA) is 75.5 Å². The number of aryl methyl sites for hydroxylation is 1. The van der Waals surface area contributed by atoms with Gasteiger partial charge in [0.2, 0.25) is 5.91 Å². The summed E-state index contributed by atoms with van der Waals surface area (Å²) in [4.78, 5) is 23.0. The molecule has 1 fully saturated rings. The van der Waals surface area contributed by atoms with Gasteiger partial charge >= 0.3 is 0 Å². The average Bonchev–Trinajstić information content (AvgIpc) is 3.24. The Kier molecular flexibility index (Phi) is 3.53. The molecule has 1 aromatic heterocycles. The van der Waals surface area contributed by atoms with Crippen molar-refractivity contribution in [2.75, 3.05) is 0 Å². The number of carbonyl (C=O) groups excluding carboxylic acids is 2. The third-order valence-corrected chi connectivity index (χ3v) is 4.11. The van der Waals surface area contributed by atoms with Crippen molar-refractivity contribution in [3.63, 3.8) is 0 Å². The lowest BCUT2D eigenvalue weighted by atomic mass is 10.1. The molecule has 0 aromatic carbocycles. The van der Waals surface area contributed by atoms with E-state index < -0.39 is 0 Å². The van der Waals surface area contributed by atoms with E-state index in [0.29, 0.717) is 31.1 Å². The Balaban J connectivity index is 1.64. The average molecular weight is 288 g/mol. The van der Waals surface area contributed by atoms with Crippen LogP contribution in [0.3, 0.4) is 0 Å². The fraction of sp³-hybridized carbons (Fsp3) is 0.533. The van der Waals surface area contributed by atoms with Crippen molar-refractivity contribution in [3.8, 4) is 0 Å². The minimum Gasteiger partial charge on any atom is -0.347 e. The molecule has 3 rings (SSSR count). The van der Waals surface area contributed by atoms with E-state index in [9.17, 15) is 9.59 Å². The fourth-order valence-corrected chi connectivity index (χ4v) is 2.83. The van der Waals surface area contributed by atoms with Gasteiger partial charge in [0, 0.05) is 36.8 Å². The Bertz CT molecular complexity index is 626. The molecule has 0 saturated heterocycles. The van der Waals surface area contributed by atoms with Gasteiger partial charge in [-0.05, 0) is 38.3 Å². The number of hydrogen-bond donors (Lipinski definition) is 2. The van der Waals surface area contributed by atoms with Crippen molar-refractivity contribution in [2.24, 2.45) is 5.10 Å². The smallest absolute Gasteiger partial charge is 0.267 e. The Labute approximate surface area is 123 Å². The zero-order valence-electron chi connectivity index (χ0n) is 12.4. The van der Waals surface area contributed by atoms with E-state index in [1.54, 1.807) is 0 Å². The second kappa shape index (κ2) is 5.35. The van der Waals surface area contributed by atoms with Crippen LogP contribution >= 0.6 is 0 Å². The molecule has 0 unspecified atom stereocenters. The number of hydrazone groups is 1. The quantitative estimate of drug-likeness (QED) is 0.877. The summed E-state index contributed by atoms with van der Waals surface area (Å²) >= 11 is 0. The number of nitrogens with one attached hydrogen (secondary N) is 2. The molecule has 112 valence electrons. The maximum Gasteiger partial charge on any atom is 0.267 e. The van der Waals surface area contributed by atoms with Crippen LogP contribution in [0.4, 0.5) is 0 Å². The predicted octanol–water partition coefficient (Wildman–Crippen LogP) is 1.32. The number of rotatable bonds is 4. The Morgan fingerprint density at radius 3 is 2.81 bits per heavy atom. The van der Waals surface area contributed by atoms with Gasteiger partial charge in [0.15, 0.2) is 0 Å². The van der Waals surface area contributed by atoms with Crippen molar-refractivity contribution in [2.45, 2.75) is 52.1 Å². The van der Waals surface area contributed by atoms with Gasteiger partial charge in [-0.2, -0.15) is 5.10 Å². The van der Waals surface area contributed by atoms with Gasteiger partial charge in [0.05, 0.1) is 0 Å². The van der Waals surface area contributed by atoms with Crippen LogP contribution in [-0.2, 0) is 16.1 Å². The summed E-state index contributed by atoms with van der Waals surface area (Å²) in [5, 5.41) is 6.70. The summed E-state index contributed by atoms with van der Waals surface area (Å²) in [7, 11) is 0. The van der Waals surface area contributed by atoms with Gasteiger partial charge in [0.1, 0.15) is 5.71 Å². The normalized spacial score (nSPS) is 18.2. The summed E-state index contributed by atoms with van der Waals surface area (Å²) in [5.41, 5.74) is 6.37. The summed E-state index contributed by atoms with van der Waals surface area (Å²) in [5.74, 6) is -0.342. The van der Waals surface area contributed by atoms with Crippen molar-refractivity contribution in [1.29, 1.82) is 0 Å². The van der Waals surface area contributed by atoms with Crippen LogP contribution in [0.1, 0.15) is 48.7 Å². The Morgan fingerprint density at radius 2 is 2.19 bits per heavy atom. The van der Waals surface area contributed by atoms with Gasteiger partial charge < -0.3 is 9.88 Å². The van der Waals surface area contributed by atoms with Gasteiger partial charge in [-0.1, -0.05) is 0 Å². The lowest BCUT2D eigenvalue weighted by Crippen LogP contribution is -2.36. The first kappa shape index (κ1) is 13.9. The summed E-state index contributed by atoms with van der Waals surface area (Å²) in [6.07, 6.45) is 3.22. The maximum atomic E-state index is 12.0. The van der Waals surface area contributed by atoms with Gasteiger partial charge in [-0.25, -0.2) is 5.43 Å². The molecule has 6 nitrogen and oxygen atoms in total. The molecule has 0 bridgehead atoms. The summed E-state index contributed by atoms with van der Waals surface area (Å²) in [6, 6.07) is 2.78. The van der Waals surface area contributed by atoms with Crippen LogP contribution < -0.4 is 10.7 Å². The number of hydrogen-bond acceptors (Lipinski definition) is 3. The second-order valence-electron chi connectivity index (χ2n) is 5.77. The van der Waals surface area contributed by atoms with Crippen LogP contribution in [-0.4, -0.2) is 22.1 Å². The molecule has 1 saturated carbocycles. The van der Waals surface area contributed by atoms with E-state index in [0.717, 1.165) is 5.56 Å². The van der Waals surface area contributed by atoms with Gasteiger partial charge in [0.25, 0.3) is 5.91 Å². The van der Waals surface area contributed by atoms with E-state index in [2.05, 4.69) is 40.3 Å². The van der Waals surface area contributed by atoms with Crippen LogP contribution in [0, 0.1) is 13.8 Å². The molecule has 0 spiro atoms. The van der Waals surface area contributed by atoms with Crippen LogP contribution in [0.15, 0.2) is 11.2 Å². The number of amides is 2. The van der Waals surface area contributed by atoms with Crippen molar-refractivity contribution >= 4 is 17.5 Å². The van der Waals surface area contributed by atoms with Crippen LogP contribution in [0.25, 0.3) is 0 Å². The van der Waals surface area contributed by atoms with Crippen LogP contribution in [0.5, 0.6) is 0 Å². The monoisotopic (exact) mass is 288 g/mol. The first-order valence-corrected chi connectivity index (χ1v) is 7.37. The molecule has 0 radical (unpaired) electrons. The molecule has 6 heteroatoms. The third kappa shape index (κ3) is 2.84. The molecular weight excluding hydrogens is 268 g/mol. The fourth-order valence-electron chi connectivity index (χ4n) is 2.83. The highest BCUT2D eigenvalue weighted by molar-refractivity contribution is 6.39. The second-order valence-corrected chi connectivity index (χ2v) is 5.77. The molecule has 2 heterocycles. The Hall–Kier alpha value is -2.11. The number of nitrogens with zero attached hydrogens (tertiary/aromatic N) is 2. The molecule has 1 aromatic rings. The molecule has 1 aliphatic heterocycles. The minimum atomic E-state index is -0.203. The standard InChI is InChI=1S/C15H20N4O2/c1-9-7-11(10(2)19(9)12-3-4-12)8-16-15(21)13-5-6-14(20)18-17-13/h7,12H,3-6,8H2,1-2H3,(H,16,21)(H,18,20). The molecule has 1 aliphatic carbocycles. The van der Waals surface area contributed by atoms with E-state index >= 15 is 0 Å². The zero-order valence-corrected chi connectivity index (χ0v) is 12.4. The van der Waals surface area contributed by atoms with E-state index in [4.69, 9.17) is 0 Å². The largest absolute Gasteiger partial charge is 0.347 e. The van der Waals surface area contributed by atoms with E-state index in [-0.39, 0.29) is 11.8 Å². The first-order valence-electron chi connectivity index (χ1n) is 7.37. The van der Waals surface area contributed by atoms with Gasteiger partial charge in [-0.3, -0.25) is 9.59 Å². The molecule has 21 heavy (non-hydrogen) atoms. The molecular formula is C15H20N4O2. The molecule has 2 aliphatic rings. The van der Waals surface area contributed by atoms with Crippen molar-refractivity contribution < 1.29 is 9.59 Å². The number of aromatic nitrogens is 1. The number of carbonyl (C=O) groups is 2. The van der Waals surface area contributed by atoms with Crippen molar-refractivity contribution in [1.82, 2.24) is 15.3 Å². The maximum absolute atomic E-state index is 12.0.